The summed E-state index contributed by atoms with van der Waals surface area (Å²) in [5, 5.41) is 5.42. The molecule has 0 aliphatic rings. The Morgan fingerprint density at radius 1 is 0.900 bits per heavy atom. The van der Waals surface area contributed by atoms with E-state index < -0.39 is 11.7 Å². The number of nitrogens with one attached hydrogen (secondary N) is 2. The number of carbonyl (C=O) groups is 2. The van der Waals surface area contributed by atoms with Crippen LogP contribution < -0.4 is 15.4 Å². The first-order chi connectivity index (χ1) is 14.4. The van der Waals surface area contributed by atoms with Crippen molar-refractivity contribution in [3.05, 3.63) is 89.5 Å². The fraction of sp³-hybridized carbons (Fsp3) is 0.130. The number of hydrogen-bond acceptors (Lipinski definition) is 3. The number of ether oxygens (including phenoxy) is 1. The average molecular weight is 410 g/mol. The van der Waals surface area contributed by atoms with E-state index in [1.54, 1.807) is 30.3 Å². The Hall–Kier alpha value is -3.74. The van der Waals surface area contributed by atoms with E-state index >= 15 is 0 Å². The standard InChI is InChI=1S/C23H20F2N2O3/c1-30-21-11-10-19(26-22(28)12-7-15-5-8-17(24)9-6-15)14-20(21)27-23(29)16-3-2-4-18(25)13-16/h2-6,8-11,13-14H,7,12H2,1H3,(H,26,28)(H,27,29). The van der Waals surface area contributed by atoms with Crippen LogP contribution in [0.25, 0.3) is 0 Å². The Labute approximate surface area is 172 Å². The molecule has 0 atom stereocenters. The third kappa shape index (κ3) is 5.64. The van der Waals surface area contributed by atoms with Crippen LogP contribution in [0.5, 0.6) is 5.75 Å². The number of carbonyl (C=O) groups excluding carboxylic acids is 2. The lowest BCUT2D eigenvalue weighted by Crippen LogP contribution is -2.15. The lowest BCUT2D eigenvalue weighted by Gasteiger charge is -2.13. The van der Waals surface area contributed by atoms with Crippen LogP contribution in [0.15, 0.2) is 66.7 Å². The van der Waals surface area contributed by atoms with Gasteiger partial charge in [-0.3, -0.25) is 9.59 Å². The molecule has 0 fully saturated rings. The van der Waals surface area contributed by atoms with E-state index in [2.05, 4.69) is 10.6 Å². The first-order valence-electron chi connectivity index (χ1n) is 9.24. The molecule has 7 heteroatoms. The number of benzene rings is 3. The zero-order chi connectivity index (χ0) is 21.5. The predicted molar refractivity (Wildman–Crippen MR) is 111 cm³/mol. The summed E-state index contributed by atoms with van der Waals surface area (Å²) in [6, 6.07) is 16.1. The SMILES string of the molecule is COc1ccc(NC(=O)CCc2ccc(F)cc2)cc1NC(=O)c1cccc(F)c1. The van der Waals surface area contributed by atoms with Gasteiger partial charge in [-0.15, -0.1) is 0 Å². The third-order valence-electron chi connectivity index (χ3n) is 4.37. The maximum absolute atomic E-state index is 13.4. The smallest absolute Gasteiger partial charge is 0.255 e. The molecule has 0 aromatic heterocycles. The lowest BCUT2D eigenvalue weighted by molar-refractivity contribution is -0.116. The maximum Gasteiger partial charge on any atom is 0.255 e. The molecule has 3 aromatic carbocycles. The minimum atomic E-state index is -0.517. The highest BCUT2D eigenvalue weighted by molar-refractivity contribution is 6.05. The van der Waals surface area contributed by atoms with Gasteiger partial charge in [0.15, 0.2) is 0 Å². The summed E-state index contributed by atoms with van der Waals surface area (Å²) in [6.45, 7) is 0. The van der Waals surface area contributed by atoms with Crippen LogP contribution in [0.1, 0.15) is 22.3 Å². The van der Waals surface area contributed by atoms with E-state index in [9.17, 15) is 18.4 Å². The normalized spacial score (nSPS) is 10.4. The molecule has 154 valence electrons. The number of aryl methyl sites for hydroxylation is 1. The minimum Gasteiger partial charge on any atom is -0.495 e. The van der Waals surface area contributed by atoms with Crippen molar-refractivity contribution in [1.82, 2.24) is 0 Å². The molecule has 0 heterocycles. The van der Waals surface area contributed by atoms with Crippen LogP contribution in [0, 0.1) is 11.6 Å². The monoisotopic (exact) mass is 410 g/mol. The minimum absolute atomic E-state index is 0.158. The number of halogens is 2. The highest BCUT2D eigenvalue weighted by Gasteiger charge is 2.12. The molecule has 0 radical (unpaired) electrons. The van der Waals surface area contributed by atoms with Crippen LogP contribution >= 0.6 is 0 Å². The topological polar surface area (TPSA) is 67.4 Å². The molecule has 3 rings (SSSR count). The first kappa shape index (κ1) is 21.0. The quantitative estimate of drug-likeness (QED) is 0.588. The van der Waals surface area contributed by atoms with Crippen molar-refractivity contribution in [2.45, 2.75) is 12.8 Å². The van der Waals surface area contributed by atoms with Gasteiger partial charge >= 0.3 is 0 Å². The van der Waals surface area contributed by atoms with Crippen LogP contribution in [0.4, 0.5) is 20.2 Å². The van der Waals surface area contributed by atoms with E-state index in [0.29, 0.717) is 23.5 Å². The fourth-order valence-corrected chi connectivity index (χ4v) is 2.84. The van der Waals surface area contributed by atoms with Gasteiger partial charge in [0.2, 0.25) is 5.91 Å². The molecule has 0 aliphatic carbocycles. The van der Waals surface area contributed by atoms with Crippen LogP contribution in [-0.2, 0) is 11.2 Å². The van der Waals surface area contributed by atoms with Gasteiger partial charge in [-0.2, -0.15) is 0 Å². The van der Waals surface area contributed by atoms with Gasteiger partial charge in [0.1, 0.15) is 17.4 Å². The van der Waals surface area contributed by atoms with Crippen molar-refractivity contribution in [3.8, 4) is 5.75 Å². The van der Waals surface area contributed by atoms with Crippen molar-refractivity contribution >= 4 is 23.2 Å². The Morgan fingerprint density at radius 2 is 1.67 bits per heavy atom. The predicted octanol–water partition coefficient (Wildman–Crippen LogP) is 4.80. The molecule has 0 unspecified atom stereocenters. The molecule has 2 amide bonds. The largest absolute Gasteiger partial charge is 0.495 e. The molecule has 2 N–H and O–H groups in total. The Kier molecular flexibility index (Phi) is 6.75. The van der Waals surface area contributed by atoms with Crippen molar-refractivity contribution in [2.24, 2.45) is 0 Å². The van der Waals surface area contributed by atoms with Gasteiger partial charge in [0.25, 0.3) is 5.91 Å². The fourth-order valence-electron chi connectivity index (χ4n) is 2.84. The van der Waals surface area contributed by atoms with Gasteiger partial charge in [0, 0.05) is 17.7 Å². The summed E-state index contributed by atoms with van der Waals surface area (Å²) in [5.74, 6) is -1.19. The summed E-state index contributed by atoms with van der Waals surface area (Å²) < 4.78 is 31.6. The van der Waals surface area contributed by atoms with E-state index in [0.717, 1.165) is 11.6 Å². The molecular formula is C23H20F2N2O3. The summed E-state index contributed by atoms with van der Waals surface area (Å²) in [5.41, 5.74) is 1.81. The van der Waals surface area contributed by atoms with Crippen molar-refractivity contribution in [1.29, 1.82) is 0 Å². The number of hydrogen-bond donors (Lipinski definition) is 2. The van der Waals surface area contributed by atoms with Gasteiger partial charge in [0.05, 0.1) is 12.8 Å². The molecule has 5 nitrogen and oxygen atoms in total. The summed E-state index contributed by atoms with van der Waals surface area (Å²) in [7, 11) is 1.45. The van der Waals surface area contributed by atoms with Crippen LogP contribution in [0.2, 0.25) is 0 Å². The highest BCUT2D eigenvalue weighted by Crippen LogP contribution is 2.28. The highest BCUT2D eigenvalue weighted by atomic mass is 19.1. The molecule has 0 bridgehead atoms. The van der Waals surface area contributed by atoms with E-state index in [1.165, 1.54) is 37.4 Å². The second kappa shape index (κ2) is 9.65. The van der Waals surface area contributed by atoms with Crippen molar-refractivity contribution in [2.75, 3.05) is 17.7 Å². The van der Waals surface area contributed by atoms with Gasteiger partial charge in [-0.05, 0) is 60.5 Å². The molecule has 0 spiro atoms. The maximum atomic E-state index is 13.4. The summed E-state index contributed by atoms with van der Waals surface area (Å²) >= 11 is 0. The van der Waals surface area contributed by atoms with E-state index in [1.807, 2.05) is 0 Å². The van der Waals surface area contributed by atoms with E-state index in [-0.39, 0.29) is 23.7 Å². The molecular weight excluding hydrogens is 390 g/mol. The molecule has 0 saturated carbocycles. The van der Waals surface area contributed by atoms with Crippen LogP contribution in [-0.4, -0.2) is 18.9 Å². The van der Waals surface area contributed by atoms with Gasteiger partial charge < -0.3 is 15.4 Å². The Balaban J connectivity index is 1.66. The Morgan fingerprint density at radius 3 is 2.37 bits per heavy atom. The zero-order valence-electron chi connectivity index (χ0n) is 16.2. The summed E-state index contributed by atoms with van der Waals surface area (Å²) in [6.07, 6.45) is 0.675. The lowest BCUT2D eigenvalue weighted by atomic mass is 10.1. The number of rotatable bonds is 7. The molecule has 30 heavy (non-hydrogen) atoms. The van der Waals surface area contributed by atoms with E-state index in [4.69, 9.17) is 4.74 Å². The molecule has 3 aromatic rings. The zero-order valence-corrected chi connectivity index (χ0v) is 16.2. The third-order valence-corrected chi connectivity index (χ3v) is 4.37. The van der Waals surface area contributed by atoms with Gasteiger partial charge in [-0.1, -0.05) is 18.2 Å². The Bertz CT molecular complexity index is 1050. The average Bonchev–Trinajstić information content (AvgIpc) is 2.73. The molecule has 0 saturated heterocycles. The number of anilines is 2. The van der Waals surface area contributed by atoms with Crippen molar-refractivity contribution < 1.29 is 23.1 Å². The first-order valence-corrected chi connectivity index (χ1v) is 9.24. The summed E-state index contributed by atoms with van der Waals surface area (Å²) in [4.78, 5) is 24.7. The van der Waals surface area contributed by atoms with Crippen molar-refractivity contribution in [3.63, 3.8) is 0 Å². The van der Waals surface area contributed by atoms with Crippen LogP contribution in [0.3, 0.4) is 0 Å². The van der Waals surface area contributed by atoms with Gasteiger partial charge in [-0.25, -0.2) is 8.78 Å². The second-order valence-electron chi connectivity index (χ2n) is 6.55. The number of methoxy groups -OCH3 is 1. The number of amides is 2. The second-order valence-corrected chi connectivity index (χ2v) is 6.55. The molecule has 0 aliphatic heterocycles.